The van der Waals surface area contributed by atoms with Crippen molar-refractivity contribution in [3.8, 4) is 5.75 Å². The molecular formula is C19H23N3O5S. The zero-order valence-corrected chi connectivity index (χ0v) is 16.6. The van der Waals surface area contributed by atoms with Gasteiger partial charge in [-0.1, -0.05) is 6.07 Å². The molecule has 9 heteroatoms. The smallest absolute Gasteiger partial charge is 0.243 e. The van der Waals surface area contributed by atoms with Crippen molar-refractivity contribution in [1.82, 2.24) is 9.29 Å². The number of hydrogen-bond donors (Lipinski definition) is 2. The lowest BCUT2D eigenvalue weighted by atomic mass is 10.1. The van der Waals surface area contributed by atoms with Gasteiger partial charge in [0.05, 0.1) is 36.1 Å². The third kappa shape index (κ3) is 4.07. The van der Waals surface area contributed by atoms with Gasteiger partial charge in [-0.15, -0.1) is 0 Å². The van der Waals surface area contributed by atoms with Gasteiger partial charge in [-0.3, -0.25) is 9.98 Å². The molecule has 0 aliphatic carbocycles. The van der Waals surface area contributed by atoms with E-state index in [0.29, 0.717) is 54.4 Å². The Balaban J connectivity index is 1.97. The fourth-order valence-electron chi connectivity index (χ4n) is 2.93. The summed E-state index contributed by atoms with van der Waals surface area (Å²) >= 11 is 0. The predicted molar refractivity (Wildman–Crippen MR) is 105 cm³/mol. The molecule has 3 rings (SSSR count). The topological polar surface area (TPSA) is 112 Å². The number of rotatable bonds is 5. The van der Waals surface area contributed by atoms with Gasteiger partial charge in [0.25, 0.3) is 0 Å². The van der Waals surface area contributed by atoms with Crippen LogP contribution in [0, 0.1) is 13.8 Å². The molecule has 8 nitrogen and oxygen atoms in total. The van der Waals surface area contributed by atoms with Crippen LogP contribution in [0.3, 0.4) is 0 Å². The van der Waals surface area contributed by atoms with Crippen molar-refractivity contribution >= 4 is 21.9 Å². The number of aryl methyl sites for hydroxylation is 2. The molecule has 1 aromatic heterocycles. The Bertz CT molecular complexity index is 999. The molecule has 2 heterocycles. The van der Waals surface area contributed by atoms with Crippen molar-refractivity contribution < 1.29 is 23.4 Å². The Morgan fingerprint density at radius 2 is 2.00 bits per heavy atom. The molecule has 0 saturated carbocycles. The summed E-state index contributed by atoms with van der Waals surface area (Å²) < 4.78 is 32.6. The van der Waals surface area contributed by atoms with Crippen LogP contribution in [0.25, 0.3) is 0 Å². The molecule has 0 radical (unpaired) electrons. The summed E-state index contributed by atoms with van der Waals surface area (Å²) in [6.07, 6.45) is 2.88. The lowest BCUT2D eigenvalue weighted by molar-refractivity contribution is 0.0730. The predicted octanol–water partition coefficient (Wildman–Crippen LogP) is 1.67. The Morgan fingerprint density at radius 1 is 1.29 bits per heavy atom. The minimum atomic E-state index is -3.65. The lowest BCUT2D eigenvalue weighted by Crippen LogP contribution is -2.40. The van der Waals surface area contributed by atoms with E-state index in [4.69, 9.17) is 4.74 Å². The lowest BCUT2D eigenvalue weighted by Gasteiger charge is -2.26. The second-order valence-corrected chi connectivity index (χ2v) is 8.42. The number of sulfonamides is 1. The molecule has 1 saturated heterocycles. The van der Waals surface area contributed by atoms with Crippen molar-refractivity contribution in [2.75, 3.05) is 26.3 Å². The van der Waals surface area contributed by atoms with Crippen LogP contribution in [0.5, 0.6) is 5.75 Å². The number of benzene rings is 1. The zero-order chi connectivity index (χ0) is 20.3. The van der Waals surface area contributed by atoms with Gasteiger partial charge < -0.3 is 14.9 Å². The first-order chi connectivity index (χ1) is 13.3. The second kappa shape index (κ2) is 8.36. The van der Waals surface area contributed by atoms with Crippen LogP contribution in [0.1, 0.15) is 22.4 Å². The number of aliphatic hydroxyl groups excluding tert-OH is 1. The highest BCUT2D eigenvalue weighted by Crippen LogP contribution is 2.27. The highest BCUT2D eigenvalue weighted by atomic mass is 32.2. The monoisotopic (exact) mass is 405 g/mol. The van der Waals surface area contributed by atoms with Crippen molar-refractivity contribution in [2.24, 2.45) is 4.99 Å². The number of aromatic nitrogens is 1. The SMILES string of the molecule is Cc1ccc(N=Cc2c(CO)cnc(C)c2O)cc1S(=O)(=O)N1CCOCC1. The van der Waals surface area contributed by atoms with Crippen LogP contribution >= 0.6 is 0 Å². The number of ether oxygens (including phenoxy) is 1. The molecule has 2 aromatic rings. The van der Waals surface area contributed by atoms with Crippen molar-refractivity contribution in [3.63, 3.8) is 0 Å². The first kappa shape index (κ1) is 20.4. The molecule has 0 spiro atoms. The molecule has 150 valence electrons. The molecular weight excluding hydrogens is 382 g/mol. The molecule has 0 bridgehead atoms. The van der Waals surface area contributed by atoms with Crippen LogP contribution in [0.2, 0.25) is 0 Å². The molecule has 1 fully saturated rings. The Hall–Kier alpha value is -2.33. The summed E-state index contributed by atoms with van der Waals surface area (Å²) in [4.78, 5) is 8.52. The van der Waals surface area contributed by atoms with E-state index in [0.717, 1.165) is 0 Å². The van der Waals surface area contributed by atoms with Gasteiger partial charge in [-0.2, -0.15) is 4.31 Å². The summed E-state index contributed by atoms with van der Waals surface area (Å²) in [5.74, 6) is -0.0661. The Morgan fingerprint density at radius 3 is 2.68 bits per heavy atom. The third-order valence-electron chi connectivity index (χ3n) is 4.63. The number of hydrogen-bond acceptors (Lipinski definition) is 7. The summed E-state index contributed by atoms with van der Waals surface area (Å²) in [5.41, 5.74) is 2.26. The third-order valence-corrected chi connectivity index (χ3v) is 6.67. The second-order valence-electron chi connectivity index (χ2n) is 6.51. The Kier molecular flexibility index (Phi) is 6.09. The van der Waals surface area contributed by atoms with Gasteiger partial charge in [-0.05, 0) is 31.5 Å². The van der Waals surface area contributed by atoms with E-state index < -0.39 is 10.0 Å². The fraction of sp³-hybridized carbons (Fsp3) is 0.368. The molecule has 0 atom stereocenters. The van der Waals surface area contributed by atoms with E-state index in [1.165, 1.54) is 22.8 Å². The number of aliphatic imine (C=N–C) groups is 1. The molecule has 0 unspecified atom stereocenters. The first-order valence-corrected chi connectivity index (χ1v) is 10.3. The van der Waals surface area contributed by atoms with Crippen molar-refractivity contribution in [3.05, 3.63) is 46.8 Å². The van der Waals surface area contributed by atoms with Crippen LogP contribution in [0.4, 0.5) is 5.69 Å². The molecule has 0 amide bonds. The van der Waals surface area contributed by atoms with Gasteiger partial charge >= 0.3 is 0 Å². The van der Waals surface area contributed by atoms with Crippen molar-refractivity contribution in [1.29, 1.82) is 0 Å². The number of aliphatic hydroxyl groups is 1. The van der Waals surface area contributed by atoms with E-state index in [9.17, 15) is 18.6 Å². The van der Waals surface area contributed by atoms with E-state index >= 15 is 0 Å². The molecule has 1 aromatic carbocycles. The fourth-order valence-corrected chi connectivity index (χ4v) is 4.59. The van der Waals surface area contributed by atoms with Gasteiger partial charge in [0.2, 0.25) is 10.0 Å². The number of morpholine rings is 1. The average Bonchev–Trinajstić information content (AvgIpc) is 2.70. The summed E-state index contributed by atoms with van der Waals surface area (Å²) in [7, 11) is -3.65. The molecule has 1 aliphatic heterocycles. The van der Waals surface area contributed by atoms with Crippen LogP contribution in [0.15, 0.2) is 34.3 Å². The minimum Gasteiger partial charge on any atom is -0.505 e. The van der Waals surface area contributed by atoms with Gasteiger partial charge in [0.1, 0.15) is 5.75 Å². The molecule has 1 aliphatic rings. The number of pyridine rings is 1. The molecule has 2 N–H and O–H groups in total. The van der Waals surface area contributed by atoms with Crippen molar-refractivity contribution in [2.45, 2.75) is 25.3 Å². The van der Waals surface area contributed by atoms with Gasteiger partial charge in [-0.25, -0.2) is 8.42 Å². The summed E-state index contributed by atoms with van der Waals surface area (Å²) in [6.45, 7) is 4.47. The number of aromatic hydroxyl groups is 1. The summed E-state index contributed by atoms with van der Waals surface area (Å²) in [5, 5.41) is 19.7. The minimum absolute atomic E-state index is 0.0661. The maximum atomic E-state index is 13.0. The van der Waals surface area contributed by atoms with E-state index in [1.807, 2.05) is 0 Å². The van der Waals surface area contributed by atoms with Gasteiger partial charge in [0, 0.05) is 36.6 Å². The van der Waals surface area contributed by atoms with Crippen LogP contribution < -0.4 is 0 Å². The van der Waals surface area contributed by atoms with Crippen LogP contribution in [-0.4, -0.2) is 60.4 Å². The zero-order valence-electron chi connectivity index (χ0n) is 15.8. The van der Waals surface area contributed by atoms with Crippen LogP contribution in [-0.2, 0) is 21.4 Å². The highest BCUT2D eigenvalue weighted by Gasteiger charge is 2.27. The van der Waals surface area contributed by atoms with Gasteiger partial charge in [0.15, 0.2) is 0 Å². The highest BCUT2D eigenvalue weighted by molar-refractivity contribution is 7.89. The maximum Gasteiger partial charge on any atom is 0.243 e. The molecule has 28 heavy (non-hydrogen) atoms. The first-order valence-electron chi connectivity index (χ1n) is 8.85. The average molecular weight is 405 g/mol. The maximum absolute atomic E-state index is 13.0. The normalized spacial score (nSPS) is 16.0. The van der Waals surface area contributed by atoms with E-state index in [-0.39, 0.29) is 17.3 Å². The largest absolute Gasteiger partial charge is 0.505 e. The quantitative estimate of drug-likeness (QED) is 0.732. The Labute approximate surface area is 164 Å². The summed E-state index contributed by atoms with van der Waals surface area (Å²) in [6, 6.07) is 4.92. The van der Waals surface area contributed by atoms with E-state index in [1.54, 1.807) is 26.0 Å². The number of nitrogens with zero attached hydrogens (tertiary/aromatic N) is 3. The standard InChI is InChI=1S/C19H23N3O5S/c1-13-3-4-16(9-18(13)28(25,26)22-5-7-27-8-6-22)21-11-17-15(12-23)10-20-14(2)19(17)24/h3-4,9-11,23-24H,5-8,12H2,1-2H3. The van der Waals surface area contributed by atoms with E-state index in [2.05, 4.69) is 9.98 Å².